The summed E-state index contributed by atoms with van der Waals surface area (Å²) in [5, 5.41) is 6.63. The highest BCUT2D eigenvalue weighted by Crippen LogP contribution is 2.32. The molecular weight excluding hydrogens is 416 g/mol. The lowest BCUT2D eigenvalue weighted by Crippen LogP contribution is -2.17. The number of rotatable bonds is 10. The molecular formula is C23H24N2O7. The second-order valence-corrected chi connectivity index (χ2v) is 6.98. The molecule has 0 spiro atoms. The van der Waals surface area contributed by atoms with Gasteiger partial charge in [-0.1, -0.05) is 12.1 Å². The highest BCUT2D eigenvalue weighted by atomic mass is 16.7. The van der Waals surface area contributed by atoms with Gasteiger partial charge in [0.25, 0.3) is 0 Å². The van der Waals surface area contributed by atoms with Crippen LogP contribution in [-0.2, 0) is 19.2 Å². The molecule has 0 saturated carbocycles. The van der Waals surface area contributed by atoms with E-state index in [9.17, 15) is 14.4 Å². The van der Waals surface area contributed by atoms with Crippen LogP contribution >= 0.6 is 0 Å². The Morgan fingerprint density at radius 3 is 2.47 bits per heavy atom. The summed E-state index contributed by atoms with van der Waals surface area (Å²) in [4.78, 5) is 40.7. The molecule has 0 aliphatic carbocycles. The summed E-state index contributed by atoms with van der Waals surface area (Å²) in [5.41, 5.74) is 2.26. The number of carbonyl (C=O) groups is 3. The average Bonchev–Trinajstić information content (AvgIpc) is 3.26. The molecule has 3 rings (SSSR count). The molecule has 1 aliphatic heterocycles. The number of oxime groups is 1. The lowest BCUT2D eigenvalue weighted by Gasteiger charge is -2.07. The number of carbonyl (C=O) groups excluding carboxylic acids is 3. The first-order valence-corrected chi connectivity index (χ1v) is 10.1. The van der Waals surface area contributed by atoms with Crippen LogP contribution in [-0.4, -0.2) is 43.4 Å². The molecule has 1 aliphatic rings. The zero-order chi connectivity index (χ0) is 22.9. The van der Waals surface area contributed by atoms with Crippen LogP contribution in [0.4, 0.5) is 5.69 Å². The van der Waals surface area contributed by atoms with Gasteiger partial charge < -0.3 is 24.4 Å². The van der Waals surface area contributed by atoms with Crippen LogP contribution in [0, 0.1) is 0 Å². The molecule has 2 aromatic carbocycles. The molecule has 0 atom stereocenters. The molecule has 1 amide bonds. The first-order valence-electron chi connectivity index (χ1n) is 10.1. The van der Waals surface area contributed by atoms with Crippen molar-refractivity contribution < 1.29 is 33.4 Å². The molecule has 32 heavy (non-hydrogen) atoms. The summed E-state index contributed by atoms with van der Waals surface area (Å²) in [6.07, 6.45) is 1.18. The van der Waals surface area contributed by atoms with Crippen molar-refractivity contribution >= 4 is 29.1 Å². The van der Waals surface area contributed by atoms with E-state index in [1.807, 2.05) is 6.92 Å². The molecule has 0 unspecified atom stereocenters. The maximum Gasteiger partial charge on any atom is 0.347 e. The second kappa shape index (κ2) is 10.9. The second-order valence-electron chi connectivity index (χ2n) is 6.98. The normalized spacial score (nSPS) is 12.2. The number of esters is 1. The number of nitrogens with zero attached hydrogens (tertiary/aromatic N) is 1. The largest absolute Gasteiger partial charge is 0.455 e. The summed E-state index contributed by atoms with van der Waals surface area (Å²) in [6.45, 7) is 2.96. The number of nitrogens with one attached hydrogen (secondary N) is 1. The van der Waals surface area contributed by atoms with Gasteiger partial charge >= 0.3 is 5.97 Å². The van der Waals surface area contributed by atoms with Crippen LogP contribution in [0.1, 0.15) is 42.6 Å². The van der Waals surface area contributed by atoms with E-state index in [1.54, 1.807) is 49.4 Å². The van der Waals surface area contributed by atoms with Crippen molar-refractivity contribution in [1.29, 1.82) is 0 Å². The van der Waals surface area contributed by atoms with Crippen LogP contribution in [0.15, 0.2) is 47.6 Å². The number of amides is 1. The fourth-order valence-corrected chi connectivity index (χ4v) is 2.82. The Hall–Kier alpha value is -3.88. The third kappa shape index (κ3) is 6.31. The molecule has 0 saturated heterocycles. The number of anilines is 1. The molecule has 9 nitrogen and oxygen atoms in total. The third-order valence-corrected chi connectivity index (χ3v) is 4.51. The van der Waals surface area contributed by atoms with Crippen molar-refractivity contribution in [3.63, 3.8) is 0 Å². The number of ketones is 1. The van der Waals surface area contributed by atoms with Crippen molar-refractivity contribution in [1.82, 2.24) is 0 Å². The summed E-state index contributed by atoms with van der Waals surface area (Å²) < 4.78 is 15.5. The fourth-order valence-electron chi connectivity index (χ4n) is 2.82. The Bertz CT molecular complexity index is 1020. The minimum absolute atomic E-state index is 0.0862. The van der Waals surface area contributed by atoms with E-state index in [4.69, 9.17) is 19.0 Å². The van der Waals surface area contributed by atoms with Crippen LogP contribution in [0.25, 0.3) is 0 Å². The maximum absolute atomic E-state index is 12.2. The van der Waals surface area contributed by atoms with E-state index in [2.05, 4.69) is 10.5 Å². The predicted molar refractivity (Wildman–Crippen MR) is 116 cm³/mol. The maximum atomic E-state index is 12.2. The Balaban J connectivity index is 1.42. The Morgan fingerprint density at radius 1 is 1.00 bits per heavy atom. The zero-order valence-electron chi connectivity index (χ0n) is 17.9. The number of benzene rings is 2. The van der Waals surface area contributed by atoms with E-state index >= 15 is 0 Å². The monoisotopic (exact) mass is 440 g/mol. The summed E-state index contributed by atoms with van der Waals surface area (Å²) in [7, 11) is 0. The van der Waals surface area contributed by atoms with Crippen LogP contribution in [0.2, 0.25) is 0 Å². The molecule has 0 aromatic heterocycles. The minimum Gasteiger partial charge on any atom is -0.455 e. The quantitative estimate of drug-likeness (QED) is 0.261. The number of hydrogen-bond acceptors (Lipinski definition) is 8. The van der Waals surface area contributed by atoms with Gasteiger partial charge in [-0.3, -0.25) is 9.59 Å². The lowest BCUT2D eigenvalue weighted by atomic mass is 10.1. The third-order valence-electron chi connectivity index (χ3n) is 4.51. The molecule has 1 N–H and O–H groups in total. The minimum atomic E-state index is -0.718. The van der Waals surface area contributed by atoms with Gasteiger partial charge in [-0.2, -0.15) is 0 Å². The van der Waals surface area contributed by atoms with Crippen molar-refractivity contribution in [2.24, 2.45) is 5.16 Å². The summed E-state index contributed by atoms with van der Waals surface area (Å²) in [5.74, 6) is 0.101. The molecule has 2 aromatic rings. The van der Waals surface area contributed by atoms with Gasteiger partial charge in [-0.15, -0.1) is 0 Å². The van der Waals surface area contributed by atoms with Gasteiger partial charge in [0, 0.05) is 23.2 Å². The van der Waals surface area contributed by atoms with E-state index < -0.39 is 19.2 Å². The number of Topliss-reactive ketones (excluding diaryl/α,β-unsaturated/α-hetero) is 1. The number of hydrogen-bond donors (Lipinski definition) is 1. The van der Waals surface area contributed by atoms with E-state index in [0.29, 0.717) is 34.9 Å². The molecule has 0 bridgehead atoms. The van der Waals surface area contributed by atoms with Crippen molar-refractivity contribution in [3.8, 4) is 11.5 Å². The topological polar surface area (TPSA) is 113 Å². The molecule has 9 heteroatoms. The van der Waals surface area contributed by atoms with Gasteiger partial charge in [0.15, 0.2) is 23.9 Å². The first-order chi connectivity index (χ1) is 15.5. The zero-order valence-corrected chi connectivity index (χ0v) is 17.9. The number of fused-ring (bicyclic) bond motifs is 1. The molecule has 168 valence electrons. The molecule has 0 radical (unpaired) electrons. The van der Waals surface area contributed by atoms with Gasteiger partial charge in [-0.05, 0) is 55.8 Å². The lowest BCUT2D eigenvalue weighted by molar-refractivity contribution is -0.147. The average molecular weight is 440 g/mol. The highest BCUT2D eigenvalue weighted by molar-refractivity contribution is 5.99. The van der Waals surface area contributed by atoms with Gasteiger partial charge in [-0.25, -0.2) is 4.79 Å². The SMILES string of the molecule is CCCC(=O)Nc1ccc(C(=O)COC(=O)CO/N=C(\C)c2ccc3c(c2)OCO3)cc1. The van der Waals surface area contributed by atoms with Gasteiger partial charge in [0.05, 0.1) is 5.71 Å². The van der Waals surface area contributed by atoms with Crippen LogP contribution < -0.4 is 14.8 Å². The molecule has 1 heterocycles. The first kappa shape index (κ1) is 22.8. The standard InChI is InChI=1S/C23H24N2O7/c1-3-4-22(27)24-18-8-5-16(6-9-18)19(26)12-29-23(28)13-32-25-15(2)17-7-10-20-21(11-17)31-14-30-20/h5-11H,3-4,12-14H2,1-2H3,(H,24,27)/b25-15+. The predicted octanol–water partition coefficient (Wildman–Crippen LogP) is 3.32. The van der Waals surface area contributed by atoms with Crippen LogP contribution in [0.3, 0.4) is 0 Å². The Labute approximate surface area is 185 Å². The van der Waals surface area contributed by atoms with Gasteiger partial charge in [0.2, 0.25) is 19.3 Å². The smallest absolute Gasteiger partial charge is 0.347 e. The Kier molecular flexibility index (Phi) is 7.80. The van der Waals surface area contributed by atoms with E-state index in [0.717, 1.165) is 12.0 Å². The summed E-state index contributed by atoms with van der Waals surface area (Å²) in [6, 6.07) is 11.7. The van der Waals surface area contributed by atoms with Crippen LogP contribution in [0.5, 0.6) is 11.5 Å². The summed E-state index contributed by atoms with van der Waals surface area (Å²) >= 11 is 0. The number of ether oxygens (including phenoxy) is 3. The van der Waals surface area contributed by atoms with Crippen molar-refractivity contribution in [3.05, 3.63) is 53.6 Å². The highest BCUT2D eigenvalue weighted by Gasteiger charge is 2.15. The Morgan fingerprint density at radius 2 is 1.72 bits per heavy atom. The molecule has 0 fully saturated rings. The van der Waals surface area contributed by atoms with E-state index in [-0.39, 0.29) is 18.5 Å². The van der Waals surface area contributed by atoms with Crippen molar-refractivity contribution in [2.45, 2.75) is 26.7 Å². The van der Waals surface area contributed by atoms with Gasteiger partial charge in [0.1, 0.15) is 0 Å². The van der Waals surface area contributed by atoms with E-state index in [1.165, 1.54) is 0 Å². The van der Waals surface area contributed by atoms with Crippen molar-refractivity contribution in [2.75, 3.05) is 25.3 Å². The fraction of sp³-hybridized carbons (Fsp3) is 0.304.